The molecule has 0 atom stereocenters. The first-order valence-corrected chi connectivity index (χ1v) is 9.20. The van der Waals surface area contributed by atoms with Crippen LogP contribution >= 0.6 is 0 Å². The van der Waals surface area contributed by atoms with Crippen LogP contribution in [0.15, 0.2) is 24.4 Å². The van der Waals surface area contributed by atoms with Crippen molar-refractivity contribution in [3.8, 4) is 0 Å². The summed E-state index contributed by atoms with van der Waals surface area (Å²) >= 11 is 0. The van der Waals surface area contributed by atoms with Crippen molar-refractivity contribution < 1.29 is 22.8 Å². The first kappa shape index (κ1) is 20.8. The van der Waals surface area contributed by atoms with Crippen LogP contribution in [-0.2, 0) is 22.3 Å². The van der Waals surface area contributed by atoms with Gasteiger partial charge >= 0.3 is 18.0 Å². The van der Waals surface area contributed by atoms with Gasteiger partial charge in [0.1, 0.15) is 0 Å². The number of nitrogens with two attached hydrogens (primary N) is 1. The van der Waals surface area contributed by atoms with Gasteiger partial charge in [-0.2, -0.15) is 18.3 Å². The molecule has 1 saturated heterocycles. The van der Waals surface area contributed by atoms with Crippen LogP contribution in [0.5, 0.6) is 0 Å². The fourth-order valence-electron chi connectivity index (χ4n) is 3.54. The number of H-pyrrole nitrogens is 1. The zero-order valence-corrected chi connectivity index (χ0v) is 15.8. The molecule has 0 bridgehead atoms. The van der Waals surface area contributed by atoms with Gasteiger partial charge in [-0.25, -0.2) is 0 Å². The van der Waals surface area contributed by atoms with Crippen LogP contribution in [-0.4, -0.2) is 40.0 Å². The third kappa shape index (κ3) is 4.76. The van der Waals surface area contributed by atoms with Crippen molar-refractivity contribution in [3.63, 3.8) is 0 Å². The van der Waals surface area contributed by atoms with E-state index in [4.69, 9.17) is 5.73 Å². The van der Waals surface area contributed by atoms with Crippen molar-refractivity contribution in [2.24, 2.45) is 5.73 Å². The quantitative estimate of drug-likeness (QED) is 0.678. The highest BCUT2D eigenvalue weighted by molar-refractivity contribution is 6.39. The van der Waals surface area contributed by atoms with E-state index in [0.717, 1.165) is 23.4 Å². The maximum Gasteiger partial charge on any atom is 0.416 e. The van der Waals surface area contributed by atoms with Crippen LogP contribution < -0.4 is 11.1 Å². The zero-order valence-electron chi connectivity index (χ0n) is 15.8. The normalized spacial score (nSPS) is 15.4. The van der Waals surface area contributed by atoms with Crippen LogP contribution in [0.1, 0.15) is 41.1 Å². The summed E-state index contributed by atoms with van der Waals surface area (Å²) in [6, 6.07) is 3.03. The number of nitrogens with zero attached hydrogens (tertiary/aromatic N) is 2. The zero-order chi connectivity index (χ0) is 21.2. The molecule has 1 aliphatic rings. The van der Waals surface area contributed by atoms with Crippen molar-refractivity contribution in [1.82, 2.24) is 15.1 Å². The number of alkyl halides is 3. The van der Waals surface area contributed by atoms with Crippen molar-refractivity contribution in [2.75, 3.05) is 18.4 Å². The molecule has 7 nitrogen and oxygen atoms in total. The molecule has 2 aromatic rings. The first-order chi connectivity index (χ1) is 13.7. The second kappa shape index (κ2) is 8.24. The molecule has 3 rings (SSSR count). The Hall–Kier alpha value is -2.88. The molecule has 0 spiro atoms. The van der Waals surface area contributed by atoms with E-state index in [1.807, 2.05) is 6.92 Å². The van der Waals surface area contributed by atoms with Crippen LogP contribution in [0.2, 0.25) is 0 Å². The van der Waals surface area contributed by atoms with Crippen molar-refractivity contribution in [3.05, 3.63) is 46.8 Å². The predicted molar refractivity (Wildman–Crippen MR) is 99.8 cm³/mol. The summed E-state index contributed by atoms with van der Waals surface area (Å²) in [4.78, 5) is 26.2. The monoisotopic (exact) mass is 409 g/mol. The average molecular weight is 409 g/mol. The fraction of sp³-hybridized carbons (Fsp3) is 0.421. The van der Waals surface area contributed by atoms with Gasteiger partial charge in [0.2, 0.25) is 0 Å². The van der Waals surface area contributed by atoms with E-state index in [1.54, 1.807) is 6.20 Å². The second-order valence-electron chi connectivity index (χ2n) is 7.09. The highest BCUT2D eigenvalue weighted by Crippen LogP contribution is 2.32. The lowest BCUT2D eigenvalue weighted by Gasteiger charge is -2.31. The number of aryl methyl sites for hydroxylation is 1. The number of nitrogens with one attached hydrogen (secondary N) is 2. The number of amides is 2. The van der Waals surface area contributed by atoms with E-state index in [1.165, 1.54) is 11.0 Å². The minimum Gasteiger partial charge on any atom is -0.334 e. The van der Waals surface area contributed by atoms with Crippen LogP contribution in [0.25, 0.3) is 0 Å². The molecule has 0 aliphatic carbocycles. The molecule has 1 fully saturated rings. The molecule has 2 heterocycles. The van der Waals surface area contributed by atoms with Gasteiger partial charge in [0.25, 0.3) is 0 Å². The maximum atomic E-state index is 13.0. The lowest BCUT2D eigenvalue weighted by Crippen LogP contribution is -2.43. The fourth-order valence-corrected chi connectivity index (χ4v) is 3.54. The second-order valence-corrected chi connectivity index (χ2v) is 7.09. The number of anilines is 1. The maximum absolute atomic E-state index is 13.0. The number of hydrogen-bond donors (Lipinski definition) is 3. The van der Waals surface area contributed by atoms with Crippen molar-refractivity contribution >= 4 is 17.5 Å². The van der Waals surface area contributed by atoms with E-state index in [9.17, 15) is 22.8 Å². The average Bonchev–Trinajstić information content (AvgIpc) is 3.12. The topological polar surface area (TPSA) is 104 Å². The molecule has 0 saturated carbocycles. The number of hydrogen-bond acceptors (Lipinski definition) is 4. The summed E-state index contributed by atoms with van der Waals surface area (Å²) in [5, 5.41) is 9.17. The molecule has 0 unspecified atom stereocenters. The molecule has 1 aromatic carbocycles. The molecule has 1 aromatic heterocycles. The molecule has 29 heavy (non-hydrogen) atoms. The van der Waals surface area contributed by atoms with E-state index in [0.29, 0.717) is 25.9 Å². The summed E-state index contributed by atoms with van der Waals surface area (Å²) in [5.74, 6) is -1.49. The number of likely N-dealkylation sites (tertiary alicyclic amines) is 1. The van der Waals surface area contributed by atoms with Gasteiger partial charge < -0.3 is 16.0 Å². The summed E-state index contributed by atoms with van der Waals surface area (Å²) in [7, 11) is 0. The largest absolute Gasteiger partial charge is 0.416 e. The Kier molecular flexibility index (Phi) is 5.92. The summed E-state index contributed by atoms with van der Waals surface area (Å²) < 4.78 is 39.1. The Bertz CT molecular complexity index is 901. The van der Waals surface area contributed by atoms with E-state index < -0.39 is 23.6 Å². The molecule has 4 N–H and O–H groups in total. The predicted octanol–water partition coefficient (Wildman–Crippen LogP) is 2.54. The van der Waals surface area contributed by atoms with Gasteiger partial charge in [-0.1, -0.05) is 0 Å². The highest BCUT2D eigenvalue weighted by Gasteiger charge is 2.32. The van der Waals surface area contributed by atoms with Gasteiger partial charge in [-0.05, 0) is 55.0 Å². The lowest BCUT2D eigenvalue weighted by atomic mass is 9.90. The van der Waals surface area contributed by atoms with Gasteiger partial charge in [-0.15, -0.1) is 0 Å². The Labute approximate surface area is 165 Å². The van der Waals surface area contributed by atoms with Crippen molar-refractivity contribution in [1.29, 1.82) is 0 Å². The molecular weight excluding hydrogens is 387 g/mol. The Morgan fingerprint density at radius 1 is 1.28 bits per heavy atom. The number of carbonyl (C=O) groups is 2. The van der Waals surface area contributed by atoms with E-state index >= 15 is 0 Å². The van der Waals surface area contributed by atoms with Gasteiger partial charge in [-0.3, -0.25) is 14.7 Å². The van der Waals surface area contributed by atoms with Gasteiger partial charge in [0.05, 0.1) is 11.8 Å². The SMILES string of the molecule is Cc1[nH]ncc1C1CCN(C(=O)C(=O)Nc2cc(CN)cc(C(F)(F)F)c2)CC1. The molecule has 1 aliphatic heterocycles. The number of carbonyl (C=O) groups excluding carboxylic acids is 2. The number of piperidine rings is 1. The number of rotatable bonds is 3. The molecular formula is C19H22F3N5O2. The lowest BCUT2D eigenvalue weighted by molar-refractivity contribution is -0.143. The number of benzene rings is 1. The van der Waals surface area contributed by atoms with Crippen LogP contribution in [0, 0.1) is 6.92 Å². The Morgan fingerprint density at radius 2 is 1.97 bits per heavy atom. The third-order valence-electron chi connectivity index (χ3n) is 5.10. The van der Waals surface area contributed by atoms with Gasteiger partial charge in [0, 0.05) is 31.0 Å². The smallest absolute Gasteiger partial charge is 0.334 e. The molecule has 2 amide bonds. The summed E-state index contributed by atoms with van der Waals surface area (Å²) in [5.41, 5.74) is 6.68. The van der Waals surface area contributed by atoms with Crippen LogP contribution in [0.4, 0.5) is 18.9 Å². The number of aromatic amines is 1. The molecule has 0 radical (unpaired) electrons. The van der Waals surface area contributed by atoms with Crippen molar-refractivity contribution in [2.45, 2.75) is 38.4 Å². The number of halogens is 3. The third-order valence-corrected chi connectivity index (χ3v) is 5.10. The van der Waals surface area contributed by atoms with E-state index in [2.05, 4.69) is 15.5 Å². The molecule has 10 heteroatoms. The Balaban J connectivity index is 1.64. The minimum absolute atomic E-state index is 0.109. The van der Waals surface area contributed by atoms with Crippen LogP contribution in [0.3, 0.4) is 0 Å². The van der Waals surface area contributed by atoms with E-state index in [-0.39, 0.29) is 23.7 Å². The molecule has 156 valence electrons. The summed E-state index contributed by atoms with van der Waals surface area (Å²) in [6.45, 7) is 2.58. The highest BCUT2D eigenvalue weighted by atomic mass is 19.4. The Morgan fingerprint density at radius 3 is 2.52 bits per heavy atom. The standard InChI is InChI=1S/C19H22F3N5O2/c1-11-16(10-24-26-11)13-2-4-27(5-3-13)18(29)17(28)25-15-7-12(9-23)6-14(8-15)19(20,21)22/h6-8,10,13H,2-5,9,23H2,1H3,(H,24,26)(H,25,28). The van der Waals surface area contributed by atoms with Gasteiger partial charge in [0.15, 0.2) is 0 Å². The number of aromatic nitrogens is 2. The first-order valence-electron chi connectivity index (χ1n) is 9.20. The minimum atomic E-state index is -4.58. The summed E-state index contributed by atoms with van der Waals surface area (Å²) in [6.07, 6.45) is -1.45.